The highest BCUT2D eigenvalue weighted by Gasteiger charge is 2.18. The number of nitrogens with one attached hydrogen (secondary N) is 1. The van der Waals surface area contributed by atoms with Crippen molar-refractivity contribution in [1.82, 2.24) is 4.98 Å². The molecule has 0 fully saturated rings. The number of carbonyl (C=O) groups excluding carboxylic acids is 2. The second kappa shape index (κ2) is 8.08. The minimum absolute atomic E-state index is 0.101. The Balaban J connectivity index is 1.86. The van der Waals surface area contributed by atoms with Gasteiger partial charge in [-0.1, -0.05) is 39.7 Å². The molecule has 2 rings (SSSR count). The van der Waals surface area contributed by atoms with Crippen molar-refractivity contribution in [2.24, 2.45) is 0 Å². The monoisotopic (exact) mass is 396 g/mol. The van der Waals surface area contributed by atoms with Gasteiger partial charge in [0.25, 0.3) is 5.91 Å². The molecule has 7 heteroatoms. The van der Waals surface area contributed by atoms with Crippen molar-refractivity contribution in [2.75, 3.05) is 5.32 Å². The van der Waals surface area contributed by atoms with E-state index in [0.717, 1.165) is 10.0 Å². The van der Waals surface area contributed by atoms with Crippen LogP contribution in [0, 0.1) is 0 Å². The van der Waals surface area contributed by atoms with Crippen LogP contribution < -0.4 is 5.32 Å². The molecule has 0 bridgehead atoms. The summed E-state index contributed by atoms with van der Waals surface area (Å²) in [4.78, 5) is 27.8. The van der Waals surface area contributed by atoms with E-state index < -0.39 is 18.0 Å². The molecule has 1 N–H and O–H groups in total. The van der Waals surface area contributed by atoms with Gasteiger partial charge in [-0.2, -0.15) is 0 Å². The molecule has 0 spiro atoms. The van der Waals surface area contributed by atoms with Gasteiger partial charge in [0.1, 0.15) is 5.82 Å². The SMILES string of the molecule is C[C@@H](OC(=O)Cc1ccc(Br)cc1)C(=O)Nc1ccc(Cl)cn1. The number of pyridine rings is 1. The predicted octanol–water partition coefficient (Wildman–Crippen LogP) is 3.61. The summed E-state index contributed by atoms with van der Waals surface area (Å²) in [5.74, 6) is -0.585. The maximum absolute atomic E-state index is 12.0. The number of rotatable bonds is 5. The van der Waals surface area contributed by atoms with Crippen LogP contribution in [-0.4, -0.2) is 23.0 Å². The molecule has 1 amide bonds. The molecule has 0 radical (unpaired) electrons. The Hall–Kier alpha value is -1.92. The van der Waals surface area contributed by atoms with E-state index in [9.17, 15) is 9.59 Å². The zero-order valence-electron chi connectivity index (χ0n) is 12.3. The van der Waals surface area contributed by atoms with E-state index in [0.29, 0.717) is 10.8 Å². The predicted molar refractivity (Wildman–Crippen MR) is 91.3 cm³/mol. The van der Waals surface area contributed by atoms with Crippen LogP contribution in [0.2, 0.25) is 5.02 Å². The smallest absolute Gasteiger partial charge is 0.311 e. The molecular weight excluding hydrogens is 384 g/mol. The number of aromatic nitrogens is 1. The van der Waals surface area contributed by atoms with Crippen LogP contribution in [0.5, 0.6) is 0 Å². The first kappa shape index (κ1) is 17.4. The van der Waals surface area contributed by atoms with Crippen LogP contribution in [-0.2, 0) is 20.7 Å². The maximum Gasteiger partial charge on any atom is 0.311 e. The third-order valence-electron chi connectivity index (χ3n) is 2.92. The number of hydrogen-bond donors (Lipinski definition) is 1. The van der Waals surface area contributed by atoms with Gasteiger partial charge < -0.3 is 10.1 Å². The lowest BCUT2D eigenvalue weighted by atomic mass is 10.1. The minimum atomic E-state index is -0.921. The van der Waals surface area contributed by atoms with Gasteiger partial charge in [-0.05, 0) is 36.8 Å². The van der Waals surface area contributed by atoms with E-state index in [1.165, 1.54) is 13.1 Å². The Kier molecular flexibility index (Phi) is 6.12. The third kappa shape index (κ3) is 5.65. The summed E-state index contributed by atoms with van der Waals surface area (Å²) in [5.41, 5.74) is 0.810. The molecular formula is C16H14BrClN2O3. The number of amides is 1. The summed E-state index contributed by atoms with van der Waals surface area (Å²) in [5, 5.41) is 3.02. The third-order valence-corrected chi connectivity index (χ3v) is 3.67. The van der Waals surface area contributed by atoms with Crippen molar-refractivity contribution in [1.29, 1.82) is 0 Å². The average molecular weight is 398 g/mol. The Labute approximate surface area is 147 Å². The molecule has 1 heterocycles. The van der Waals surface area contributed by atoms with Crippen molar-refractivity contribution in [3.05, 3.63) is 57.7 Å². The van der Waals surface area contributed by atoms with E-state index in [2.05, 4.69) is 26.2 Å². The Morgan fingerprint density at radius 2 is 1.96 bits per heavy atom. The standard InChI is InChI=1S/C16H14BrClN2O3/c1-10(16(22)20-14-7-6-13(18)9-19-14)23-15(21)8-11-2-4-12(17)5-3-11/h2-7,9-10H,8H2,1H3,(H,19,20,22)/t10-/m1/s1. The first-order valence-electron chi connectivity index (χ1n) is 6.80. The van der Waals surface area contributed by atoms with Gasteiger partial charge in [-0.15, -0.1) is 0 Å². The zero-order valence-corrected chi connectivity index (χ0v) is 14.6. The molecule has 1 atom stereocenters. The van der Waals surface area contributed by atoms with E-state index >= 15 is 0 Å². The number of carbonyl (C=O) groups is 2. The molecule has 1 aromatic heterocycles. The lowest BCUT2D eigenvalue weighted by Gasteiger charge is -2.13. The quantitative estimate of drug-likeness (QED) is 0.783. The van der Waals surface area contributed by atoms with Crippen molar-refractivity contribution in [3.8, 4) is 0 Å². The normalized spacial score (nSPS) is 11.6. The second-order valence-corrected chi connectivity index (χ2v) is 6.14. The Bertz CT molecular complexity index is 689. The van der Waals surface area contributed by atoms with Crippen molar-refractivity contribution >= 4 is 45.2 Å². The highest BCUT2D eigenvalue weighted by atomic mass is 79.9. The minimum Gasteiger partial charge on any atom is -0.452 e. The summed E-state index contributed by atoms with van der Waals surface area (Å²) in [7, 11) is 0. The second-order valence-electron chi connectivity index (χ2n) is 4.79. The molecule has 23 heavy (non-hydrogen) atoms. The van der Waals surface area contributed by atoms with Gasteiger partial charge in [0.05, 0.1) is 11.4 Å². The van der Waals surface area contributed by atoms with Crippen molar-refractivity contribution < 1.29 is 14.3 Å². The summed E-state index contributed by atoms with van der Waals surface area (Å²) < 4.78 is 6.05. The number of benzene rings is 1. The lowest BCUT2D eigenvalue weighted by molar-refractivity contribution is -0.152. The highest BCUT2D eigenvalue weighted by molar-refractivity contribution is 9.10. The van der Waals surface area contributed by atoms with Gasteiger partial charge >= 0.3 is 5.97 Å². The molecule has 120 valence electrons. The summed E-state index contributed by atoms with van der Waals surface area (Å²) in [6.07, 6.45) is 0.598. The fraction of sp³-hybridized carbons (Fsp3) is 0.188. The molecule has 0 saturated carbocycles. The molecule has 1 aromatic carbocycles. The summed E-state index contributed by atoms with van der Waals surface area (Å²) >= 11 is 9.04. The van der Waals surface area contributed by atoms with Crippen LogP contribution in [0.3, 0.4) is 0 Å². The van der Waals surface area contributed by atoms with Crippen LogP contribution in [0.25, 0.3) is 0 Å². The molecule has 0 saturated heterocycles. The van der Waals surface area contributed by atoms with Crippen LogP contribution >= 0.6 is 27.5 Å². The topological polar surface area (TPSA) is 68.3 Å². The largest absolute Gasteiger partial charge is 0.452 e. The van der Waals surface area contributed by atoms with E-state index in [1.54, 1.807) is 12.1 Å². The number of hydrogen-bond acceptors (Lipinski definition) is 4. The maximum atomic E-state index is 12.0. The number of anilines is 1. The highest BCUT2D eigenvalue weighted by Crippen LogP contribution is 2.12. The van der Waals surface area contributed by atoms with Crippen LogP contribution in [0.1, 0.15) is 12.5 Å². The Morgan fingerprint density at radius 1 is 1.26 bits per heavy atom. The molecule has 0 aliphatic carbocycles. The van der Waals surface area contributed by atoms with Crippen molar-refractivity contribution in [3.63, 3.8) is 0 Å². The number of esters is 1. The van der Waals surface area contributed by atoms with Crippen LogP contribution in [0.15, 0.2) is 47.1 Å². The molecule has 0 unspecified atom stereocenters. The summed E-state index contributed by atoms with van der Waals surface area (Å²) in [6.45, 7) is 1.50. The average Bonchev–Trinajstić information content (AvgIpc) is 2.51. The van der Waals surface area contributed by atoms with E-state index in [1.807, 2.05) is 24.3 Å². The molecule has 0 aliphatic rings. The molecule has 0 aliphatic heterocycles. The zero-order chi connectivity index (χ0) is 16.8. The fourth-order valence-corrected chi connectivity index (χ4v) is 2.12. The summed E-state index contributed by atoms with van der Waals surface area (Å²) in [6, 6.07) is 10.5. The first-order valence-corrected chi connectivity index (χ1v) is 7.97. The van der Waals surface area contributed by atoms with Gasteiger partial charge in [0.2, 0.25) is 0 Å². The molecule has 2 aromatic rings. The van der Waals surface area contributed by atoms with Crippen molar-refractivity contribution in [2.45, 2.75) is 19.4 Å². The fourth-order valence-electron chi connectivity index (χ4n) is 1.74. The first-order chi connectivity index (χ1) is 10.9. The number of halogens is 2. The van der Waals surface area contributed by atoms with Gasteiger partial charge in [-0.25, -0.2) is 4.98 Å². The number of nitrogens with zero attached hydrogens (tertiary/aromatic N) is 1. The number of ether oxygens (including phenoxy) is 1. The molecule has 5 nitrogen and oxygen atoms in total. The van der Waals surface area contributed by atoms with Crippen LogP contribution in [0.4, 0.5) is 5.82 Å². The van der Waals surface area contributed by atoms with E-state index in [-0.39, 0.29) is 6.42 Å². The van der Waals surface area contributed by atoms with Gasteiger partial charge in [0, 0.05) is 10.7 Å². The van der Waals surface area contributed by atoms with Gasteiger partial charge in [0.15, 0.2) is 6.10 Å². The lowest BCUT2D eigenvalue weighted by Crippen LogP contribution is -2.30. The van der Waals surface area contributed by atoms with E-state index in [4.69, 9.17) is 16.3 Å². The Morgan fingerprint density at radius 3 is 2.57 bits per heavy atom. The van der Waals surface area contributed by atoms with Gasteiger partial charge in [-0.3, -0.25) is 9.59 Å².